The van der Waals surface area contributed by atoms with E-state index in [0.717, 1.165) is 41.7 Å². The van der Waals surface area contributed by atoms with Crippen molar-refractivity contribution in [2.75, 3.05) is 23.3 Å². The number of nitrogens with zero attached hydrogens (tertiary/aromatic N) is 6. The molecule has 0 spiro atoms. The average Bonchev–Trinajstić information content (AvgIpc) is 3.03. The molecule has 1 aliphatic heterocycles. The summed E-state index contributed by atoms with van der Waals surface area (Å²) in [6.07, 6.45) is 5.42. The molecule has 8 nitrogen and oxygen atoms in total. The summed E-state index contributed by atoms with van der Waals surface area (Å²) in [7, 11) is 0. The molecule has 5 rings (SSSR count). The van der Waals surface area contributed by atoms with Gasteiger partial charge >= 0.3 is 0 Å². The van der Waals surface area contributed by atoms with Crippen LogP contribution < -0.4 is 16.0 Å². The first-order chi connectivity index (χ1) is 12.6. The molecule has 2 aliphatic rings. The fourth-order valence-electron chi connectivity index (χ4n) is 3.85. The molecule has 26 heavy (non-hydrogen) atoms. The Bertz CT molecular complexity index is 953. The van der Waals surface area contributed by atoms with Gasteiger partial charge in [0, 0.05) is 37.4 Å². The largest absolute Gasteiger partial charge is 0.340 e. The monoisotopic (exact) mass is 350 g/mol. The molecule has 0 bridgehead atoms. The normalized spacial score (nSPS) is 24.3. The van der Waals surface area contributed by atoms with Crippen molar-refractivity contribution in [2.45, 2.75) is 25.9 Å². The molecule has 1 saturated carbocycles. The second kappa shape index (κ2) is 5.63. The van der Waals surface area contributed by atoms with Crippen LogP contribution in [-0.2, 0) is 0 Å². The maximum absolute atomic E-state index is 6.02. The van der Waals surface area contributed by atoms with E-state index >= 15 is 0 Å². The average molecular weight is 350 g/mol. The maximum atomic E-state index is 6.02. The molecule has 0 radical (unpaired) electrons. The lowest BCUT2D eigenvalue weighted by atomic mass is 10.3. The molecule has 2 fully saturated rings. The summed E-state index contributed by atoms with van der Waals surface area (Å²) >= 11 is 0. The molecule has 8 heteroatoms. The number of imidazole rings is 1. The number of aromatic nitrogens is 5. The fourth-order valence-corrected chi connectivity index (χ4v) is 3.85. The predicted molar refractivity (Wildman–Crippen MR) is 100 cm³/mol. The Hall–Kier alpha value is -2.74. The van der Waals surface area contributed by atoms with Crippen LogP contribution in [0.4, 0.5) is 17.6 Å². The number of fused-ring (bicyclic) bond motifs is 2. The Morgan fingerprint density at radius 1 is 1.15 bits per heavy atom. The van der Waals surface area contributed by atoms with Gasteiger partial charge in [0.25, 0.3) is 0 Å². The third-order valence-corrected chi connectivity index (χ3v) is 5.46. The van der Waals surface area contributed by atoms with Crippen LogP contribution in [0, 0.1) is 11.8 Å². The van der Waals surface area contributed by atoms with Crippen molar-refractivity contribution in [2.24, 2.45) is 17.6 Å². The van der Waals surface area contributed by atoms with Crippen LogP contribution in [0.5, 0.6) is 0 Å². The molecule has 2 atom stereocenters. The molecule has 3 aromatic heterocycles. The van der Waals surface area contributed by atoms with Gasteiger partial charge in [0.2, 0.25) is 5.95 Å². The SMILES string of the molecule is CC(C)n1cnc2cnc(Nc3ccnc(N4CC5C(N)C5C4)n3)cc21. The summed E-state index contributed by atoms with van der Waals surface area (Å²) < 4.78 is 2.13. The maximum Gasteiger partial charge on any atom is 0.227 e. The summed E-state index contributed by atoms with van der Waals surface area (Å²) in [6, 6.07) is 4.58. The van der Waals surface area contributed by atoms with Crippen LogP contribution in [0.15, 0.2) is 30.9 Å². The van der Waals surface area contributed by atoms with E-state index < -0.39 is 0 Å². The van der Waals surface area contributed by atoms with E-state index in [2.05, 4.69) is 48.6 Å². The highest BCUT2D eigenvalue weighted by Gasteiger charge is 2.54. The number of rotatable bonds is 4. The Labute approximate surface area is 151 Å². The topological polar surface area (TPSA) is 97.8 Å². The summed E-state index contributed by atoms with van der Waals surface area (Å²) in [5.41, 5.74) is 7.96. The van der Waals surface area contributed by atoms with E-state index in [1.54, 1.807) is 12.4 Å². The summed E-state index contributed by atoms with van der Waals surface area (Å²) in [4.78, 5) is 20.1. The lowest BCUT2D eigenvalue weighted by molar-refractivity contribution is 0.617. The van der Waals surface area contributed by atoms with E-state index in [1.807, 2.05) is 18.5 Å². The van der Waals surface area contributed by atoms with E-state index in [4.69, 9.17) is 5.73 Å². The van der Waals surface area contributed by atoms with Crippen molar-refractivity contribution in [1.29, 1.82) is 0 Å². The predicted octanol–water partition coefficient (Wildman–Crippen LogP) is 1.94. The highest BCUT2D eigenvalue weighted by molar-refractivity contribution is 5.78. The molecule has 3 aromatic rings. The Morgan fingerprint density at radius 2 is 1.96 bits per heavy atom. The van der Waals surface area contributed by atoms with E-state index in [9.17, 15) is 0 Å². The lowest BCUT2D eigenvalue weighted by Gasteiger charge is -2.19. The van der Waals surface area contributed by atoms with E-state index in [0.29, 0.717) is 23.9 Å². The molecule has 0 amide bonds. The summed E-state index contributed by atoms with van der Waals surface area (Å²) in [6.45, 7) is 6.18. The molecule has 2 unspecified atom stereocenters. The van der Waals surface area contributed by atoms with Crippen molar-refractivity contribution >= 4 is 28.6 Å². The smallest absolute Gasteiger partial charge is 0.227 e. The van der Waals surface area contributed by atoms with Gasteiger partial charge in [-0.2, -0.15) is 4.98 Å². The van der Waals surface area contributed by atoms with Crippen LogP contribution in [0.1, 0.15) is 19.9 Å². The highest BCUT2D eigenvalue weighted by Crippen LogP contribution is 2.44. The fraction of sp³-hybridized carbons (Fsp3) is 0.444. The van der Waals surface area contributed by atoms with Gasteiger partial charge in [0.15, 0.2) is 0 Å². The van der Waals surface area contributed by atoms with Gasteiger partial charge in [-0.3, -0.25) is 0 Å². The van der Waals surface area contributed by atoms with E-state index in [1.165, 1.54) is 0 Å². The van der Waals surface area contributed by atoms with Gasteiger partial charge < -0.3 is 20.5 Å². The van der Waals surface area contributed by atoms with Crippen molar-refractivity contribution in [3.63, 3.8) is 0 Å². The van der Waals surface area contributed by atoms with Crippen LogP contribution in [0.2, 0.25) is 0 Å². The third kappa shape index (κ3) is 2.48. The molecule has 3 N–H and O–H groups in total. The van der Waals surface area contributed by atoms with Crippen molar-refractivity contribution in [3.05, 3.63) is 30.9 Å². The van der Waals surface area contributed by atoms with Gasteiger partial charge in [0.1, 0.15) is 17.2 Å². The molecule has 1 saturated heterocycles. The van der Waals surface area contributed by atoms with Gasteiger partial charge in [-0.25, -0.2) is 15.0 Å². The summed E-state index contributed by atoms with van der Waals surface area (Å²) in [5, 5.41) is 3.29. The van der Waals surface area contributed by atoms with Crippen molar-refractivity contribution < 1.29 is 0 Å². The minimum atomic E-state index is 0.342. The van der Waals surface area contributed by atoms with Crippen LogP contribution in [0.3, 0.4) is 0 Å². The van der Waals surface area contributed by atoms with Crippen molar-refractivity contribution in [3.8, 4) is 0 Å². The third-order valence-electron chi connectivity index (χ3n) is 5.46. The van der Waals surface area contributed by atoms with Gasteiger partial charge in [-0.05, 0) is 31.7 Å². The number of hydrogen-bond donors (Lipinski definition) is 2. The minimum Gasteiger partial charge on any atom is -0.340 e. The Balaban J connectivity index is 1.38. The summed E-state index contributed by atoms with van der Waals surface area (Å²) in [5.74, 6) is 3.45. The first kappa shape index (κ1) is 15.5. The standard InChI is InChI=1S/C18H22N8/c1-10(2)26-9-22-13-6-21-16(5-14(13)26)23-15-3-4-20-18(24-15)25-7-11-12(8-25)17(11)19/h3-6,9-12,17H,7-8,19H2,1-2H3,(H,20,21,23,24). The number of hydrogen-bond acceptors (Lipinski definition) is 7. The zero-order chi connectivity index (χ0) is 17.8. The number of anilines is 3. The number of piperidine rings is 1. The van der Waals surface area contributed by atoms with Crippen molar-refractivity contribution in [1.82, 2.24) is 24.5 Å². The first-order valence-corrected chi connectivity index (χ1v) is 9.03. The lowest BCUT2D eigenvalue weighted by Crippen LogP contribution is -2.29. The number of nitrogens with one attached hydrogen (secondary N) is 1. The van der Waals surface area contributed by atoms with Gasteiger partial charge in [-0.1, -0.05) is 0 Å². The second-order valence-electron chi connectivity index (χ2n) is 7.48. The van der Waals surface area contributed by atoms with Crippen LogP contribution in [-0.4, -0.2) is 43.6 Å². The molecule has 4 heterocycles. The van der Waals surface area contributed by atoms with Gasteiger partial charge in [-0.15, -0.1) is 0 Å². The van der Waals surface area contributed by atoms with E-state index in [-0.39, 0.29) is 0 Å². The van der Waals surface area contributed by atoms with Crippen LogP contribution >= 0.6 is 0 Å². The quantitative estimate of drug-likeness (QED) is 0.742. The Morgan fingerprint density at radius 3 is 2.73 bits per heavy atom. The minimum absolute atomic E-state index is 0.342. The first-order valence-electron chi connectivity index (χ1n) is 9.03. The zero-order valence-corrected chi connectivity index (χ0v) is 14.9. The van der Waals surface area contributed by atoms with Gasteiger partial charge in [0.05, 0.1) is 18.0 Å². The van der Waals surface area contributed by atoms with Crippen LogP contribution in [0.25, 0.3) is 11.0 Å². The molecule has 1 aliphatic carbocycles. The molecule has 134 valence electrons. The molecular formula is C18H22N8. The molecule has 0 aromatic carbocycles. The number of nitrogens with two attached hydrogens (primary N) is 1. The molecular weight excluding hydrogens is 328 g/mol. The highest BCUT2D eigenvalue weighted by atomic mass is 15.3. The zero-order valence-electron chi connectivity index (χ0n) is 14.9. The Kier molecular flexibility index (Phi) is 3.36. The number of pyridine rings is 1. The second-order valence-corrected chi connectivity index (χ2v) is 7.48.